The van der Waals surface area contributed by atoms with E-state index >= 15 is 0 Å². The predicted molar refractivity (Wildman–Crippen MR) is 599 cm³/mol. The highest BCUT2D eigenvalue weighted by Gasteiger charge is 2.60. The van der Waals surface area contributed by atoms with Crippen LogP contribution in [0.3, 0.4) is 0 Å². The lowest BCUT2D eigenvalue weighted by Gasteiger charge is -2.30. The molecule has 0 spiro atoms. The molecule has 16 rings (SSSR count). The monoisotopic (exact) mass is 2320 g/mol. The molecule has 1 N–H and O–H groups in total. The Morgan fingerprint density at radius 2 is 0.900 bits per heavy atom. The maximum Gasteiger partial charge on any atom is 0.844 e. The summed E-state index contributed by atoms with van der Waals surface area (Å²) in [6, 6.07) is 51.9. The van der Waals surface area contributed by atoms with E-state index in [1.165, 1.54) is 36.5 Å². The van der Waals surface area contributed by atoms with Crippen molar-refractivity contribution in [3.63, 3.8) is 0 Å². The van der Waals surface area contributed by atoms with Crippen LogP contribution in [0.1, 0.15) is 145 Å². The van der Waals surface area contributed by atoms with E-state index in [0.29, 0.717) is 113 Å². The van der Waals surface area contributed by atoms with Gasteiger partial charge < -0.3 is 71.5 Å². The molecule has 38 heteroatoms. The Balaban J connectivity index is 0.000000220. The first kappa shape index (κ1) is 122. The van der Waals surface area contributed by atoms with Crippen molar-refractivity contribution in [2.45, 2.75) is 152 Å². The minimum Gasteiger partial charge on any atom is -0.493 e. The molecular weight excluding hydrogens is 2190 g/mol. The molecular formula is C112H133BBr2ClIN10O23+2. The second-order valence-electron chi connectivity index (χ2n) is 37.7. The Morgan fingerprint density at radius 1 is 0.493 bits per heavy atom. The van der Waals surface area contributed by atoms with Gasteiger partial charge >= 0.3 is 37.5 Å². The smallest absolute Gasteiger partial charge is 0.493 e. The lowest BCUT2D eigenvalue weighted by Crippen LogP contribution is -2.49. The van der Waals surface area contributed by atoms with Gasteiger partial charge in [0.25, 0.3) is 16.7 Å². The summed E-state index contributed by atoms with van der Waals surface area (Å²) in [4.78, 5) is 114. The van der Waals surface area contributed by atoms with Crippen LogP contribution < -0.4 is 59.9 Å². The Kier molecular flexibility index (Phi) is 45.3. The number of hydrogen-bond donors (Lipinski definition) is 1. The number of benzene rings is 4. The number of amides is 2. The number of ether oxygens (including phenoxy) is 12. The Labute approximate surface area is 911 Å². The molecule has 1 saturated heterocycles. The lowest BCUT2D eigenvalue weighted by atomic mass is 9.90. The van der Waals surface area contributed by atoms with E-state index in [1.54, 1.807) is 151 Å². The molecule has 4 aromatic carbocycles. The van der Waals surface area contributed by atoms with Crippen LogP contribution in [0.4, 0.5) is 15.3 Å². The normalized spacial score (nSPS) is 13.9. The molecule has 150 heavy (non-hydrogen) atoms. The molecule has 12 aromatic rings. The number of aryl methyl sites for hydroxylation is 1. The largest absolute Gasteiger partial charge is 0.844 e. The van der Waals surface area contributed by atoms with E-state index in [-0.39, 0.29) is 53.6 Å². The Bertz CT molecular complexity index is 7050. The van der Waals surface area contributed by atoms with Crippen molar-refractivity contribution in [1.29, 1.82) is 0 Å². The molecule has 1 fully saturated rings. The zero-order valence-corrected chi connectivity index (χ0v) is 94.4. The van der Waals surface area contributed by atoms with Crippen LogP contribution in [-0.2, 0) is 49.1 Å². The molecule has 0 bridgehead atoms. The fourth-order valence-electron chi connectivity index (χ4n) is 14.9. The minimum atomic E-state index is -0.603. The van der Waals surface area contributed by atoms with Gasteiger partial charge in [-0.3, -0.25) is 46.9 Å². The van der Waals surface area contributed by atoms with Crippen LogP contribution in [0.15, 0.2) is 236 Å². The number of halogens is 4. The van der Waals surface area contributed by atoms with Crippen molar-refractivity contribution >= 4 is 149 Å². The van der Waals surface area contributed by atoms with Crippen LogP contribution in [0.5, 0.6) is 46.0 Å². The van der Waals surface area contributed by atoms with Gasteiger partial charge in [0, 0.05) is 86.8 Å². The van der Waals surface area contributed by atoms with E-state index in [2.05, 4.69) is 98.1 Å². The summed E-state index contributed by atoms with van der Waals surface area (Å²) in [5, 5.41) is 3.63. The van der Waals surface area contributed by atoms with Gasteiger partial charge in [-0.15, -0.1) is 0 Å². The summed E-state index contributed by atoms with van der Waals surface area (Å²) >= 11 is 14.9. The predicted octanol–water partition coefficient (Wildman–Crippen LogP) is 20.9. The summed E-state index contributed by atoms with van der Waals surface area (Å²) in [6.07, 6.45) is 16.6. The molecule has 8 aromatic heterocycles. The zero-order valence-electron chi connectivity index (χ0n) is 88.4. The number of nitrogens with one attached hydrogen (secondary N) is 1. The summed E-state index contributed by atoms with van der Waals surface area (Å²) in [6.45, 7) is 33.6. The molecule has 0 saturated carbocycles. The Morgan fingerprint density at radius 3 is 1.29 bits per heavy atom. The number of carbonyl (C=O) groups is 4. The number of carbonyl (C=O) groups excluding carboxylic acids is 6. The van der Waals surface area contributed by atoms with Crippen LogP contribution in [0.25, 0.3) is 60.5 Å². The molecule has 798 valence electrons. The third-order valence-electron chi connectivity index (χ3n) is 23.3. The standard InChI is InChI=1S/C26H30N3O5.C22H22N2O3.C22H23NO5.C15H28BN2O4.C13H15ClO4.C7H8BrN.C5H3BrIN.CO2.CH4/c1-26(2,3)34-25(31)28-12-10-27(11-13-28)21-8-7-20-14-19(16-24(30)29(20)17-21)18-6-9-22(32-4)23(15-18)33-5;1-26-20-6-4-16(12-21(20)27-2)18-11-19-5-3-17(14-24(19)22(25)13-18)15-7-9-23-10-8-15;1-22(2,3)28-21(25)15-6-8-17-10-16(12-20(24)23(17)13-15)14-7-9-18(26-4)19(11-14)27-5;1-13(2,3)20-12(19)17-8-10-18(11-9-17)16-21-14(4,5)15(6,7)22-16;1-8(13(15)18-4)12(14)9-5-6-10(16-2)11(7-9)17-3;1-2-7-4-3-6(8)5-9-7;6-4-1-2-5(7)8-3-4;2-1-3;/h6-10,14-17H,11-13H2,1-5H3;3-7,11-14,23H,8-10H2,1-2H3;6-13H,1-5H3;10H,8-9,11H2,1-7H3;5-7H,1-4H3;3-5H,2H2,1H3;1-3H;;1H4/q+1;;;+1;;;;;/b;;;;12-8-;;;;. The van der Waals surface area contributed by atoms with Crippen molar-refractivity contribution in [3.05, 3.63) is 279 Å². The summed E-state index contributed by atoms with van der Waals surface area (Å²) in [5.41, 5.74) is 10.3. The molecule has 0 atom stereocenters. The van der Waals surface area contributed by atoms with Crippen LogP contribution in [0, 0.1) is 3.70 Å². The average Bonchev–Trinajstić information content (AvgIpc) is 1.69. The second-order valence-corrected chi connectivity index (χ2v) is 41.0. The number of pyridine rings is 8. The van der Waals surface area contributed by atoms with Gasteiger partial charge in [-0.2, -0.15) is 14.2 Å². The Hall–Kier alpha value is -13.5. The summed E-state index contributed by atoms with van der Waals surface area (Å²) < 4.78 is 87.1. The third-order valence-corrected chi connectivity index (χ3v) is 25.4. The molecule has 4 aliphatic heterocycles. The molecule has 33 nitrogen and oxygen atoms in total. The number of hydrogen-bond acceptors (Lipinski definition) is 26. The van der Waals surface area contributed by atoms with E-state index in [1.807, 2.05) is 214 Å². The number of rotatable bonds is 18. The molecule has 12 heterocycles. The molecule has 4 aliphatic rings. The van der Waals surface area contributed by atoms with Gasteiger partial charge in [0.15, 0.2) is 58.8 Å². The third kappa shape index (κ3) is 34.5. The highest BCUT2D eigenvalue weighted by Crippen LogP contribution is 2.40. The quantitative estimate of drug-likeness (QED) is 0.0159. The van der Waals surface area contributed by atoms with Crippen molar-refractivity contribution in [1.82, 2.24) is 38.3 Å². The van der Waals surface area contributed by atoms with Crippen LogP contribution >= 0.6 is 66.1 Å². The molecule has 2 amide bonds. The zero-order chi connectivity index (χ0) is 110. The number of esters is 2. The first-order valence-corrected chi connectivity index (χ1v) is 50.5. The van der Waals surface area contributed by atoms with Crippen molar-refractivity contribution < 1.29 is 104 Å². The van der Waals surface area contributed by atoms with Crippen LogP contribution in [0.2, 0.25) is 0 Å². The number of methoxy groups -OCH3 is 9. The van der Waals surface area contributed by atoms with E-state index < -0.39 is 36.0 Å². The van der Waals surface area contributed by atoms with Gasteiger partial charge in [-0.05, 0) is 342 Å². The van der Waals surface area contributed by atoms with Gasteiger partial charge in [-0.25, -0.2) is 24.2 Å². The van der Waals surface area contributed by atoms with Gasteiger partial charge in [0.05, 0.1) is 117 Å². The number of fused-ring (bicyclic) bond motifs is 3. The summed E-state index contributed by atoms with van der Waals surface area (Å²) in [7, 11) is 13.5. The highest BCUT2D eigenvalue weighted by atomic mass is 127. The minimum absolute atomic E-state index is 0. The summed E-state index contributed by atoms with van der Waals surface area (Å²) in [5.74, 6) is 3.97. The average molecular weight is 2320 g/mol. The van der Waals surface area contributed by atoms with E-state index in [4.69, 9.17) is 82.6 Å². The molecule has 0 unspecified atom stereocenters. The maximum absolute atomic E-state index is 13.0. The van der Waals surface area contributed by atoms with Crippen LogP contribution in [-0.4, -0.2) is 236 Å². The fraction of sp³-hybridized carbons (Fsp3) is 0.357. The van der Waals surface area contributed by atoms with Crippen molar-refractivity contribution in [3.8, 4) is 79.4 Å². The van der Waals surface area contributed by atoms with Crippen molar-refractivity contribution in [2.24, 2.45) is 0 Å². The molecule has 0 aliphatic carbocycles. The second kappa shape index (κ2) is 55.8. The van der Waals surface area contributed by atoms with Gasteiger partial charge in [0.2, 0.25) is 5.69 Å². The fourth-order valence-corrected chi connectivity index (χ4v) is 15.9. The lowest BCUT2D eigenvalue weighted by molar-refractivity contribution is -0.442. The van der Waals surface area contributed by atoms with Crippen molar-refractivity contribution in [2.75, 3.05) is 116 Å². The number of aromatic nitrogens is 5. The van der Waals surface area contributed by atoms with E-state index in [9.17, 15) is 33.6 Å². The SMILES string of the molecule is Brc1ccc(I)nc1.C.CC(C)(C)OC(=O)N1CC=[N+](B2OC(C)(C)C(C)(C)O2)CC1.CCc1ccc(Br)cn1.COC(=O)/C(C)=C(\Cl)c1ccc(OC)c(OC)c1.COc1ccc(-c2cc(=O)n3cc(C(=O)OC(C)(C)C)ccc3c2)cc1OC.COc1ccc(-c2cc(=O)n3cc(C4=CCNCC4)ccc3c2)cc1OC.COc1ccc(-c2cc(=O)n3cc([N+]4=CCN(C(=O)OC(C)(C)C)CC4)ccc3c2)cc1OC.O=C=O. The first-order valence-electron chi connectivity index (χ1n) is 47.4. The van der Waals surface area contributed by atoms with Gasteiger partial charge in [-0.1, -0.05) is 56.3 Å². The van der Waals surface area contributed by atoms with Gasteiger partial charge in [0.1, 0.15) is 39.8 Å². The molecule has 0 radical (unpaired) electrons. The first-order chi connectivity index (χ1) is 70.6. The number of nitrogens with zero attached hydrogens (tertiary/aromatic N) is 9. The highest BCUT2D eigenvalue weighted by molar-refractivity contribution is 14.1. The maximum atomic E-state index is 13.0. The van der Waals surface area contributed by atoms with E-state index in [0.717, 1.165) is 99.9 Å². The topological polar surface area (TPSA) is 346 Å².